The van der Waals surface area contributed by atoms with Crippen molar-refractivity contribution in [3.8, 4) is 0 Å². The molecule has 1 aromatic carbocycles. The Hall–Kier alpha value is -1.41. The first-order valence-corrected chi connectivity index (χ1v) is 6.92. The van der Waals surface area contributed by atoms with Crippen LogP contribution in [0.15, 0.2) is 36.4 Å². The van der Waals surface area contributed by atoms with Crippen LogP contribution in [0.4, 0.5) is 0 Å². The second kappa shape index (κ2) is 4.69. The molecular weight excluding hydrogens is 240 g/mol. The minimum atomic E-state index is 0.106. The molecule has 0 fully saturated rings. The van der Waals surface area contributed by atoms with E-state index in [1.54, 1.807) is 11.3 Å². The van der Waals surface area contributed by atoms with Gasteiger partial charge in [0.2, 0.25) is 5.78 Å². The predicted molar refractivity (Wildman–Crippen MR) is 77.6 cm³/mol. The van der Waals surface area contributed by atoms with Crippen LogP contribution in [-0.4, -0.2) is 5.78 Å². The molecule has 2 rings (SSSR count). The van der Waals surface area contributed by atoms with Crippen LogP contribution in [0, 0.1) is 6.92 Å². The molecule has 1 nitrogen and oxygen atoms in total. The van der Waals surface area contributed by atoms with Crippen LogP contribution in [0.3, 0.4) is 0 Å². The lowest BCUT2D eigenvalue weighted by Gasteiger charge is -2.15. The fourth-order valence-corrected chi connectivity index (χ4v) is 2.84. The van der Waals surface area contributed by atoms with E-state index in [0.717, 1.165) is 16.0 Å². The zero-order valence-corrected chi connectivity index (χ0v) is 12.1. The van der Waals surface area contributed by atoms with Crippen LogP contribution in [0.25, 0.3) is 0 Å². The van der Waals surface area contributed by atoms with Gasteiger partial charge in [-0.3, -0.25) is 4.79 Å². The molecule has 0 aliphatic rings. The van der Waals surface area contributed by atoms with Crippen molar-refractivity contribution in [1.29, 1.82) is 0 Å². The van der Waals surface area contributed by atoms with Crippen molar-refractivity contribution in [2.75, 3.05) is 0 Å². The molecule has 0 radical (unpaired) electrons. The van der Waals surface area contributed by atoms with Crippen molar-refractivity contribution in [3.63, 3.8) is 0 Å². The highest BCUT2D eigenvalue weighted by Gasteiger charge is 2.19. The Morgan fingerprint density at radius 1 is 1.06 bits per heavy atom. The predicted octanol–water partition coefficient (Wildman–Crippen LogP) is 4.59. The van der Waals surface area contributed by atoms with Gasteiger partial charge in [-0.2, -0.15) is 0 Å². The van der Waals surface area contributed by atoms with Gasteiger partial charge < -0.3 is 0 Å². The zero-order chi connectivity index (χ0) is 13.3. The summed E-state index contributed by atoms with van der Waals surface area (Å²) in [5.41, 5.74) is 1.95. The van der Waals surface area contributed by atoms with E-state index in [-0.39, 0.29) is 11.2 Å². The highest BCUT2D eigenvalue weighted by molar-refractivity contribution is 7.14. The van der Waals surface area contributed by atoms with E-state index in [1.807, 2.05) is 37.3 Å². The Bertz CT molecular complexity index is 573. The van der Waals surface area contributed by atoms with Crippen LogP contribution in [-0.2, 0) is 5.41 Å². The SMILES string of the molecule is Cc1ccccc1C(=O)c1ccc(C(C)(C)C)s1. The average molecular weight is 258 g/mol. The minimum absolute atomic E-state index is 0.106. The van der Waals surface area contributed by atoms with E-state index in [9.17, 15) is 4.79 Å². The Morgan fingerprint density at radius 3 is 2.28 bits per heavy atom. The molecule has 94 valence electrons. The van der Waals surface area contributed by atoms with Gasteiger partial charge in [0.15, 0.2) is 0 Å². The molecule has 2 heteroatoms. The number of ketones is 1. The van der Waals surface area contributed by atoms with Gasteiger partial charge in [0.1, 0.15) is 0 Å². The van der Waals surface area contributed by atoms with Gasteiger partial charge >= 0.3 is 0 Å². The summed E-state index contributed by atoms with van der Waals surface area (Å²) in [5.74, 6) is 0.133. The molecule has 0 aliphatic carbocycles. The molecule has 0 aliphatic heterocycles. The number of carbonyl (C=O) groups excluding carboxylic acids is 1. The third kappa shape index (κ3) is 2.54. The Kier molecular flexibility index (Phi) is 3.40. The van der Waals surface area contributed by atoms with Crippen LogP contribution in [0.5, 0.6) is 0 Å². The van der Waals surface area contributed by atoms with Crippen molar-refractivity contribution in [1.82, 2.24) is 0 Å². The van der Waals surface area contributed by atoms with Gasteiger partial charge in [0, 0.05) is 10.4 Å². The third-order valence-corrected chi connectivity index (χ3v) is 4.47. The third-order valence-electron chi connectivity index (χ3n) is 2.96. The summed E-state index contributed by atoms with van der Waals surface area (Å²) in [7, 11) is 0. The summed E-state index contributed by atoms with van der Waals surface area (Å²) in [5, 5.41) is 0. The largest absolute Gasteiger partial charge is 0.288 e. The minimum Gasteiger partial charge on any atom is -0.288 e. The second-order valence-electron chi connectivity index (χ2n) is 5.56. The number of rotatable bonds is 2. The number of hydrogen-bond acceptors (Lipinski definition) is 2. The van der Waals surface area contributed by atoms with E-state index in [1.165, 1.54) is 4.88 Å². The van der Waals surface area contributed by atoms with Gasteiger partial charge in [-0.15, -0.1) is 11.3 Å². The van der Waals surface area contributed by atoms with E-state index in [4.69, 9.17) is 0 Å². The van der Waals surface area contributed by atoms with Crippen molar-refractivity contribution in [2.24, 2.45) is 0 Å². The molecule has 0 unspecified atom stereocenters. The normalized spacial score (nSPS) is 11.6. The first-order chi connectivity index (χ1) is 8.39. The van der Waals surface area contributed by atoms with E-state index in [2.05, 4.69) is 26.8 Å². The summed E-state index contributed by atoms with van der Waals surface area (Å²) in [6.07, 6.45) is 0. The first-order valence-electron chi connectivity index (χ1n) is 6.10. The fourth-order valence-electron chi connectivity index (χ4n) is 1.82. The van der Waals surface area contributed by atoms with Crippen LogP contribution in [0.1, 0.15) is 46.4 Å². The second-order valence-corrected chi connectivity index (χ2v) is 6.64. The van der Waals surface area contributed by atoms with Crippen LogP contribution in [0.2, 0.25) is 0 Å². The monoisotopic (exact) mass is 258 g/mol. The van der Waals surface area contributed by atoms with Crippen molar-refractivity contribution < 1.29 is 4.79 Å². The number of thiophene rings is 1. The Balaban J connectivity index is 2.36. The van der Waals surface area contributed by atoms with Crippen molar-refractivity contribution in [3.05, 3.63) is 57.3 Å². The molecule has 0 bridgehead atoms. The van der Waals surface area contributed by atoms with Gasteiger partial charge in [0.25, 0.3) is 0 Å². The lowest BCUT2D eigenvalue weighted by Crippen LogP contribution is -2.08. The summed E-state index contributed by atoms with van der Waals surface area (Å²) in [6, 6.07) is 11.8. The molecule has 0 amide bonds. The van der Waals surface area contributed by atoms with Gasteiger partial charge in [-0.05, 0) is 30.0 Å². The molecular formula is C16H18OS. The Morgan fingerprint density at radius 2 is 1.72 bits per heavy atom. The molecule has 0 spiro atoms. The molecule has 18 heavy (non-hydrogen) atoms. The average Bonchev–Trinajstić information content (AvgIpc) is 2.77. The van der Waals surface area contributed by atoms with Gasteiger partial charge in [-0.1, -0.05) is 45.0 Å². The van der Waals surface area contributed by atoms with E-state index in [0.29, 0.717) is 0 Å². The van der Waals surface area contributed by atoms with E-state index >= 15 is 0 Å². The molecule has 0 saturated carbocycles. The number of aryl methyl sites for hydroxylation is 1. The molecule has 2 aromatic rings. The maximum atomic E-state index is 12.4. The number of carbonyl (C=O) groups is 1. The smallest absolute Gasteiger partial charge is 0.203 e. The number of benzene rings is 1. The molecule has 1 heterocycles. The van der Waals surface area contributed by atoms with Crippen molar-refractivity contribution >= 4 is 17.1 Å². The summed E-state index contributed by atoms with van der Waals surface area (Å²) >= 11 is 1.60. The van der Waals surface area contributed by atoms with Crippen molar-refractivity contribution in [2.45, 2.75) is 33.1 Å². The summed E-state index contributed by atoms with van der Waals surface area (Å²) in [6.45, 7) is 8.48. The van der Waals surface area contributed by atoms with E-state index < -0.39 is 0 Å². The first kappa shape index (κ1) is 13.0. The summed E-state index contributed by atoms with van der Waals surface area (Å²) in [4.78, 5) is 14.5. The topological polar surface area (TPSA) is 17.1 Å². The standard InChI is InChI=1S/C16H18OS/c1-11-7-5-6-8-12(11)15(17)13-9-10-14(18-13)16(2,3)4/h5-10H,1-4H3. The summed E-state index contributed by atoms with van der Waals surface area (Å²) < 4.78 is 0. The highest BCUT2D eigenvalue weighted by atomic mass is 32.1. The lowest BCUT2D eigenvalue weighted by molar-refractivity contribution is 0.104. The fraction of sp³-hybridized carbons (Fsp3) is 0.312. The lowest BCUT2D eigenvalue weighted by atomic mass is 9.95. The van der Waals surface area contributed by atoms with Crippen LogP contribution >= 0.6 is 11.3 Å². The molecule has 0 atom stereocenters. The molecule has 0 saturated heterocycles. The quantitative estimate of drug-likeness (QED) is 0.720. The maximum absolute atomic E-state index is 12.4. The Labute approximate surface area is 112 Å². The van der Waals surface area contributed by atoms with Gasteiger partial charge in [-0.25, -0.2) is 0 Å². The maximum Gasteiger partial charge on any atom is 0.203 e. The zero-order valence-electron chi connectivity index (χ0n) is 11.3. The molecule has 0 N–H and O–H groups in total. The van der Waals surface area contributed by atoms with Crippen LogP contribution < -0.4 is 0 Å². The number of hydrogen-bond donors (Lipinski definition) is 0. The van der Waals surface area contributed by atoms with Gasteiger partial charge in [0.05, 0.1) is 4.88 Å². The highest BCUT2D eigenvalue weighted by Crippen LogP contribution is 2.30. The molecule has 1 aromatic heterocycles.